The summed E-state index contributed by atoms with van der Waals surface area (Å²) < 4.78 is 6.00. The number of hydrogen-bond donors (Lipinski definition) is 0. The van der Waals surface area contributed by atoms with E-state index in [1.807, 2.05) is 0 Å². The van der Waals surface area contributed by atoms with Crippen molar-refractivity contribution in [3.05, 3.63) is 35.9 Å². The van der Waals surface area contributed by atoms with Crippen LogP contribution >= 0.6 is 0 Å². The maximum absolute atomic E-state index is 6.00. The quantitative estimate of drug-likeness (QED) is 0.377. The van der Waals surface area contributed by atoms with Gasteiger partial charge in [-0.15, -0.1) is 0 Å². The summed E-state index contributed by atoms with van der Waals surface area (Å²) in [6.45, 7) is 3.31. The van der Waals surface area contributed by atoms with Crippen molar-refractivity contribution in [1.82, 2.24) is 0 Å². The molecule has 0 aliphatic carbocycles. The maximum atomic E-state index is 6.00. The van der Waals surface area contributed by atoms with Crippen molar-refractivity contribution in [2.45, 2.75) is 88.8 Å². The van der Waals surface area contributed by atoms with Gasteiger partial charge in [-0.05, 0) is 37.2 Å². The lowest BCUT2D eigenvalue weighted by Gasteiger charge is -2.25. The van der Waals surface area contributed by atoms with Crippen LogP contribution in [0.2, 0.25) is 6.04 Å². The van der Waals surface area contributed by atoms with E-state index in [0.717, 1.165) is 12.5 Å². The standard InChI is InChI=1S/C21H36OSi/c1-2-3-4-5-6-8-15-20(19-13-9-7-10-14-19)18-23-21-16-11-12-17-22-21/h7,9-10,13-14,20-21H,2-6,8,11-12,15-18,23H2,1H3. The van der Waals surface area contributed by atoms with Crippen LogP contribution in [0.5, 0.6) is 0 Å². The lowest BCUT2D eigenvalue weighted by molar-refractivity contribution is 0.0648. The molecule has 0 amide bonds. The fourth-order valence-electron chi connectivity index (χ4n) is 3.80. The summed E-state index contributed by atoms with van der Waals surface area (Å²) in [4.78, 5) is 0. The van der Waals surface area contributed by atoms with Crippen LogP contribution in [0.15, 0.2) is 30.3 Å². The molecule has 0 spiro atoms. The molecular weight excluding hydrogens is 296 g/mol. The van der Waals surface area contributed by atoms with Gasteiger partial charge in [-0.25, -0.2) is 0 Å². The van der Waals surface area contributed by atoms with Crippen LogP contribution in [-0.2, 0) is 4.74 Å². The molecule has 0 radical (unpaired) electrons. The first-order valence-corrected chi connectivity index (χ1v) is 11.9. The van der Waals surface area contributed by atoms with Crippen molar-refractivity contribution in [1.29, 1.82) is 0 Å². The molecule has 1 aliphatic heterocycles. The van der Waals surface area contributed by atoms with Gasteiger partial charge in [0.2, 0.25) is 0 Å². The molecule has 1 fully saturated rings. The molecule has 0 bridgehead atoms. The molecule has 1 aromatic rings. The van der Waals surface area contributed by atoms with Crippen LogP contribution in [0.25, 0.3) is 0 Å². The molecule has 0 N–H and O–H groups in total. The second-order valence-electron chi connectivity index (χ2n) is 7.23. The lowest BCUT2D eigenvalue weighted by Crippen LogP contribution is -2.26. The van der Waals surface area contributed by atoms with E-state index in [0.29, 0.717) is 5.73 Å². The molecule has 2 unspecified atom stereocenters. The second-order valence-corrected chi connectivity index (χ2v) is 9.30. The molecule has 0 saturated carbocycles. The normalized spacial score (nSPS) is 20.1. The van der Waals surface area contributed by atoms with E-state index in [-0.39, 0.29) is 9.52 Å². The van der Waals surface area contributed by atoms with E-state index in [9.17, 15) is 0 Å². The van der Waals surface area contributed by atoms with Gasteiger partial charge in [-0.3, -0.25) is 0 Å². The zero-order valence-electron chi connectivity index (χ0n) is 15.1. The Labute approximate surface area is 146 Å². The summed E-state index contributed by atoms with van der Waals surface area (Å²) in [5.74, 6) is 0.791. The lowest BCUT2D eigenvalue weighted by atomic mass is 9.94. The highest BCUT2D eigenvalue weighted by Crippen LogP contribution is 2.28. The number of benzene rings is 1. The Bertz CT molecular complexity index is 386. The molecule has 1 aromatic carbocycles. The second kappa shape index (κ2) is 11.9. The third-order valence-electron chi connectivity index (χ3n) is 5.29. The van der Waals surface area contributed by atoms with Gasteiger partial charge in [0.05, 0.1) is 9.52 Å². The fraction of sp³-hybridized carbons (Fsp3) is 0.714. The van der Waals surface area contributed by atoms with Gasteiger partial charge in [-0.2, -0.15) is 0 Å². The van der Waals surface area contributed by atoms with Crippen molar-refractivity contribution in [3.63, 3.8) is 0 Å². The minimum Gasteiger partial charge on any atom is -0.382 e. The van der Waals surface area contributed by atoms with Crippen molar-refractivity contribution < 1.29 is 4.74 Å². The molecule has 23 heavy (non-hydrogen) atoms. The molecule has 2 atom stereocenters. The predicted octanol–water partition coefficient (Wildman–Crippen LogP) is 5.63. The summed E-state index contributed by atoms with van der Waals surface area (Å²) in [6.07, 6.45) is 13.8. The molecule has 130 valence electrons. The molecule has 2 rings (SSSR count). The van der Waals surface area contributed by atoms with Gasteiger partial charge < -0.3 is 4.74 Å². The van der Waals surface area contributed by atoms with Crippen molar-refractivity contribution in [2.24, 2.45) is 0 Å². The predicted molar refractivity (Wildman–Crippen MR) is 104 cm³/mol. The summed E-state index contributed by atoms with van der Waals surface area (Å²) in [5, 5.41) is 0. The molecular formula is C21H36OSi. The van der Waals surface area contributed by atoms with Gasteiger partial charge in [0.25, 0.3) is 0 Å². The van der Waals surface area contributed by atoms with Crippen LogP contribution < -0.4 is 0 Å². The number of hydrogen-bond acceptors (Lipinski definition) is 1. The van der Waals surface area contributed by atoms with Gasteiger partial charge in [0.1, 0.15) is 0 Å². The summed E-state index contributed by atoms with van der Waals surface area (Å²) in [5.41, 5.74) is 2.24. The molecule has 1 saturated heterocycles. The first kappa shape index (κ1) is 18.7. The minimum atomic E-state index is -0.0955. The summed E-state index contributed by atoms with van der Waals surface area (Å²) >= 11 is 0. The zero-order chi connectivity index (χ0) is 16.2. The van der Waals surface area contributed by atoms with E-state index < -0.39 is 0 Å². The van der Waals surface area contributed by atoms with Crippen LogP contribution in [0.3, 0.4) is 0 Å². The Hall–Kier alpha value is -0.603. The zero-order valence-corrected chi connectivity index (χ0v) is 16.6. The van der Waals surface area contributed by atoms with Gasteiger partial charge in [0, 0.05) is 12.3 Å². The summed E-state index contributed by atoms with van der Waals surface area (Å²) in [7, 11) is -0.0955. The largest absolute Gasteiger partial charge is 0.382 e. The number of ether oxygens (including phenoxy) is 1. The van der Waals surface area contributed by atoms with E-state index in [2.05, 4.69) is 37.3 Å². The smallest absolute Gasteiger partial charge is 0.0561 e. The van der Waals surface area contributed by atoms with Crippen molar-refractivity contribution >= 4 is 9.52 Å². The molecule has 1 heterocycles. The van der Waals surface area contributed by atoms with Crippen LogP contribution in [0.4, 0.5) is 0 Å². The highest BCUT2D eigenvalue weighted by molar-refractivity contribution is 6.37. The first-order chi connectivity index (χ1) is 11.4. The monoisotopic (exact) mass is 332 g/mol. The molecule has 1 nitrogen and oxygen atoms in total. The number of rotatable bonds is 11. The van der Waals surface area contributed by atoms with Crippen LogP contribution in [0.1, 0.15) is 82.6 Å². The van der Waals surface area contributed by atoms with E-state index in [1.165, 1.54) is 70.3 Å². The molecule has 1 aliphatic rings. The van der Waals surface area contributed by atoms with E-state index in [1.54, 1.807) is 5.56 Å². The Morgan fingerprint density at radius 1 is 1.04 bits per heavy atom. The Morgan fingerprint density at radius 2 is 1.83 bits per heavy atom. The Morgan fingerprint density at radius 3 is 2.57 bits per heavy atom. The summed E-state index contributed by atoms with van der Waals surface area (Å²) in [6, 6.07) is 12.7. The van der Waals surface area contributed by atoms with E-state index >= 15 is 0 Å². The Kier molecular flexibility index (Phi) is 9.66. The average Bonchev–Trinajstić information content (AvgIpc) is 2.62. The first-order valence-electron chi connectivity index (χ1n) is 10.1. The van der Waals surface area contributed by atoms with Crippen molar-refractivity contribution in [2.75, 3.05) is 6.61 Å². The van der Waals surface area contributed by atoms with E-state index in [4.69, 9.17) is 4.74 Å². The fourth-order valence-corrected chi connectivity index (χ4v) is 6.10. The topological polar surface area (TPSA) is 9.23 Å². The molecule has 2 heteroatoms. The van der Waals surface area contributed by atoms with Gasteiger partial charge >= 0.3 is 0 Å². The third kappa shape index (κ3) is 7.67. The third-order valence-corrected chi connectivity index (χ3v) is 7.61. The van der Waals surface area contributed by atoms with Gasteiger partial charge in [0.15, 0.2) is 0 Å². The van der Waals surface area contributed by atoms with Crippen molar-refractivity contribution in [3.8, 4) is 0 Å². The molecule has 0 aromatic heterocycles. The highest BCUT2D eigenvalue weighted by Gasteiger charge is 2.18. The number of unbranched alkanes of at least 4 members (excludes halogenated alkanes) is 5. The van der Waals surface area contributed by atoms with Crippen LogP contribution in [-0.4, -0.2) is 21.9 Å². The maximum Gasteiger partial charge on any atom is 0.0561 e. The minimum absolute atomic E-state index is 0.0955. The Balaban J connectivity index is 1.75. The SMILES string of the molecule is CCCCCCCCC(C[SiH2]C1CCCCO1)c1ccccc1. The average molecular weight is 333 g/mol. The highest BCUT2D eigenvalue weighted by atomic mass is 28.2. The van der Waals surface area contributed by atoms with Crippen LogP contribution in [0, 0.1) is 0 Å². The van der Waals surface area contributed by atoms with Gasteiger partial charge in [-0.1, -0.05) is 81.8 Å².